The molecule has 1 heterocycles. The van der Waals surface area contributed by atoms with Crippen molar-refractivity contribution in [3.05, 3.63) is 70.8 Å². The summed E-state index contributed by atoms with van der Waals surface area (Å²) >= 11 is 0. The quantitative estimate of drug-likeness (QED) is 0.899. The fourth-order valence-electron chi connectivity index (χ4n) is 4.13. The molecule has 1 fully saturated rings. The molecular formula is C23H26N2O2. The Kier molecular flexibility index (Phi) is 5.23. The number of hydrogen-bond acceptors (Lipinski definition) is 2. The largest absolute Gasteiger partial charge is 0.349 e. The number of hydrogen-bond donors (Lipinski definition) is 1. The first-order chi connectivity index (χ1) is 13.2. The van der Waals surface area contributed by atoms with Crippen molar-refractivity contribution in [2.45, 2.75) is 51.1 Å². The summed E-state index contributed by atoms with van der Waals surface area (Å²) in [5, 5.41) is 3.12. The third-order valence-electron chi connectivity index (χ3n) is 5.75. The molecule has 0 radical (unpaired) electrons. The van der Waals surface area contributed by atoms with Gasteiger partial charge in [-0.1, -0.05) is 43.5 Å². The fourth-order valence-corrected chi connectivity index (χ4v) is 4.13. The lowest BCUT2D eigenvalue weighted by molar-refractivity contribution is 0.0734. The van der Waals surface area contributed by atoms with E-state index in [1.165, 1.54) is 30.4 Å². The molecule has 1 N–H and O–H groups in total. The zero-order valence-corrected chi connectivity index (χ0v) is 15.6. The van der Waals surface area contributed by atoms with E-state index in [0.717, 1.165) is 25.8 Å². The minimum absolute atomic E-state index is 0.0312. The Labute approximate surface area is 160 Å². The van der Waals surface area contributed by atoms with Crippen LogP contribution in [-0.2, 0) is 13.0 Å². The zero-order chi connectivity index (χ0) is 18.6. The van der Waals surface area contributed by atoms with E-state index in [4.69, 9.17) is 0 Å². The maximum atomic E-state index is 12.8. The summed E-state index contributed by atoms with van der Waals surface area (Å²) in [6.45, 7) is 1.39. The maximum absolute atomic E-state index is 12.8. The molecule has 0 unspecified atom stereocenters. The average molecular weight is 362 g/mol. The molecule has 4 heteroatoms. The van der Waals surface area contributed by atoms with Crippen molar-refractivity contribution >= 4 is 11.8 Å². The van der Waals surface area contributed by atoms with Gasteiger partial charge in [-0.3, -0.25) is 9.59 Å². The van der Waals surface area contributed by atoms with Crippen molar-refractivity contribution in [3.8, 4) is 0 Å². The Bertz CT molecular complexity index is 823. The molecule has 0 aromatic heterocycles. The van der Waals surface area contributed by atoms with Crippen LogP contribution < -0.4 is 5.32 Å². The number of fused-ring (bicyclic) bond motifs is 1. The van der Waals surface area contributed by atoms with Gasteiger partial charge < -0.3 is 10.2 Å². The summed E-state index contributed by atoms with van der Waals surface area (Å²) in [4.78, 5) is 27.1. The van der Waals surface area contributed by atoms with Crippen molar-refractivity contribution in [1.29, 1.82) is 0 Å². The van der Waals surface area contributed by atoms with Crippen molar-refractivity contribution in [3.63, 3.8) is 0 Å². The van der Waals surface area contributed by atoms with E-state index < -0.39 is 0 Å². The predicted molar refractivity (Wildman–Crippen MR) is 106 cm³/mol. The monoisotopic (exact) mass is 362 g/mol. The number of nitrogens with zero attached hydrogens (tertiary/aromatic N) is 1. The van der Waals surface area contributed by atoms with Crippen LogP contribution >= 0.6 is 0 Å². The van der Waals surface area contributed by atoms with E-state index in [1.807, 2.05) is 17.0 Å². The van der Waals surface area contributed by atoms with Gasteiger partial charge in [-0.05, 0) is 54.7 Å². The average Bonchev–Trinajstić information content (AvgIpc) is 2.73. The molecule has 2 aliphatic rings. The lowest BCUT2D eigenvalue weighted by atomic mass is 9.95. The van der Waals surface area contributed by atoms with Crippen LogP contribution in [0.15, 0.2) is 48.5 Å². The van der Waals surface area contributed by atoms with Gasteiger partial charge in [0.2, 0.25) is 0 Å². The standard InChI is InChI=1S/C23H26N2O2/c26-22(24-21-8-2-1-3-9-21)18-10-12-19(13-11-18)23(27)25-15-14-17-6-4-5-7-20(17)16-25/h4-7,10-13,21H,1-3,8-9,14-16H2,(H,24,26). The van der Waals surface area contributed by atoms with Crippen LogP contribution in [0.2, 0.25) is 0 Å². The highest BCUT2D eigenvalue weighted by atomic mass is 16.2. The molecule has 4 rings (SSSR count). The van der Waals surface area contributed by atoms with Gasteiger partial charge >= 0.3 is 0 Å². The number of carbonyl (C=O) groups is 2. The number of rotatable bonds is 3. The van der Waals surface area contributed by atoms with Gasteiger partial charge in [-0.15, -0.1) is 0 Å². The molecule has 140 valence electrons. The highest BCUT2D eigenvalue weighted by Gasteiger charge is 2.22. The van der Waals surface area contributed by atoms with Crippen molar-refractivity contribution in [2.24, 2.45) is 0 Å². The second-order valence-electron chi connectivity index (χ2n) is 7.63. The Morgan fingerprint density at radius 3 is 2.26 bits per heavy atom. The van der Waals surface area contributed by atoms with E-state index >= 15 is 0 Å². The molecule has 0 atom stereocenters. The second kappa shape index (κ2) is 7.95. The highest BCUT2D eigenvalue weighted by Crippen LogP contribution is 2.21. The van der Waals surface area contributed by atoms with E-state index in [9.17, 15) is 9.59 Å². The first-order valence-corrected chi connectivity index (χ1v) is 9.98. The van der Waals surface area contributed by atoms with Crippen LogP contribution in [0.5, 0.6) is 0 Å². The first kappa shape index (κ1) is 17.8. The molecule has 0 saturated heterocycles. The Hall–Kier alpha value is -2.62. The van der Waals surface area contributed by atoms with E-state index in [0.29, 0.717) is 23.7 Å². The summed E-state index contributed by atoms with van der Waals surface area (Å²) in [6.07, 6.45) is 6.68. The topological polar surface area (TPSA) is 49.4 Å². The summed E-state index contributed by atoms with van der Waals surface area (Å²) < 4.78 is 0. The number of nitrogens with one attached hydrogen (secondary N) is 1. The van der Waals surface area contributed by atoms with Crippen LogP contribution in [0.3, 0.4) is 0 Å². The van der Waals surface area contributed by atoms with Crippen LogP contribution in [-0.4, -0.2) is 29.3 Å². The van der Waals surface area contributed by atoms with Gasteiger partial charge in [0, 0.05) is 30.3 Å². The summed E-state index contributed by atoms with van der Waals surface area (Å²) in [5.74, 6) is -0.00320. The normalized spacial score (nSPS) is 17.3. The van der Waals surface area contributed by atoms with E-state index in [2.05, 4.69) is 17.4 Å². The zero-order valence-electron chi connectivity index (χ0n) is 15.6. The second-order valence-corrected chi connectivity index (χ2v) is 7.63. The molecule has 4 nitrogen and oxygen atoms in total. The number of benzene rings is 2. The van der Waals surface area contributed by atoms with E-state index in [-0.39, 0.29) is 11.8 Å². The van der Waals surface area contributed by atoms with E-state index in [1.54, 1.807) is 24.3 Å². The molecule has 2 amide bonds. The highest BCUT2D eigenvalue weighted by molar-refractivity contribution is 5.98. The lowest BCUT2D eigenvalue weighted by Gasteiger charge is -2.29. The van der Waals surface area contributed by atoms with Crippen LogP contribution in [0.1, 0.15) is 63.9 Å². The van der Waals surface area contributed by atoms with Crippen molar-refractivity contribution in [2.75, 3.05) is 6.54 Å². The van der Waals surface area contributed by atoms with Crippen LogP contribution in [0.25, 0.3) is 0 Å². The fraction of sp³-hybridized carbons (Fsp3) is 0.391. The van der Waals surface area contributed by atoms with Crippen LogP contribution in [0, 0.1) is 0 Å². The summed E-state index contributed by atoms with van der Waals surface area (Å²) in [7, 11) is 0. The Morgan fingerprint density at radius 2 is 1.52 bits per heavy atom. The van der Waals surface area contributed by atoms with Crippen LogP contribution in [0.4, 0.5) is 0 Å². The third-order valence-corrected chi connectivity index (χ3v) is 5.75. The summed E-state index contributed by atoms with van der Waals surface area (Å²) in [5.41, 5.74) is 3.82. The molecule has 2 aromatic rings. The minimum Gasteiger partial charge on any atom is -0.349 e. The summed E-state index contributed by atoms with van der Waals surface area (Å²) in [6, 6.07) is 15.7. The third kappa shape index (κ3) is 4.05. The van der Waals surface area contributed by atoms with Gasteiger partial charge in [0.15, 0.2) is 0 Å². The molecule has 0 spiro atoms. The predicted octanol–water partition coefficient (Wildman–Crippen LogP) is 3.95. The SMILES string of the molecule is O=C(NC1CCCCC1)c1ccc(C(=O)N2CCc3ccccc3C2)cc1. The lowest BCUT2D eigenvalue weighted by Crippen LogP contribution is -2.36. The Morgan fingerprint density at radius 1 is 0.852 bits per heavy atom. The molecule has 1 saturated carbocycles. The number of amides is 2. The maximum Gasteiger partial charge on any atom is 0.254 e. The van der Waals surface area contributed by atoms with Gasteiger partial charge in [0.1, 0.15) is 0 Å². The molecule has 0 bridgehead atoms. The van der Waals surface area contributed by atoms with Crippen molar-refractivity contribution < 1.29 is 9.59 Å². The molecule has 27 heavy (non-hydrogen) atoms. The molecule has 1 aliphatic heterocycles. The molecule has 1 aliphatic carbocycles. The number of carbonyl (C=O) groups excluding carboxylic acids is 2. The molecular weight excluding hydrogens is 336 g/mol. The van der Waals surface area contributed by atoms with Gasteiger partial charge in [-0.2, -0.15) is 0 Å². The smallest absolute Gasteiger partial charge is 0.254 e. The van der Waals surface area contributed by atoms with Gasteiger partial charge in [0.25, 0.3) is 11.8 Å². The van der Waals surface area contributed by atoms with Crippen molar-refractivity contribution in [1.82, 2.24) is 10.2 Å². The first-order valence-electron chi connectivity index (χ1n) is 9.98. The van der Waals surface area contributed by atoms with Gasteiger partial charge in [-0.25, -0.2) is 0 Å². The Balaban J connectivity index is 1.40. The molecule has 2 aromatic carbocycles. The minimum atomic E-state index is -0.0344. The van der Waals surface area contributed by atoms with Gasteiger partial charge in [0.05, 0.1) is 0 Å².